The molecule has 3 heterocycles. The fourth-order valence-corrected chi connectivity index (χ4v) is 4.67. The first-order valence-corrected chi connectivity index (χ1v) is 12.0. The molecule has 1 aliphatic heterocycles. The number of ether oxygens (including phenoxy) is 1. The Morgan fingerprint density at radius 1 is 1.05 bits per heavy atom. The maximum Gasteiger partial charge on any atom is 1.00 e. The number of fused-ring (bicyclic) bond motifs is 1. The second kappa shape index (κ2) is 19.7. The van der Waals surface area contributed by atoms with E-state index in [4.69, 9.17) is 10.5 Å². The average molecular weight is 603 g/mol. The van der Waals surface area contributed by atoms with Gasteiger partial charge in [-0.1, -0.05) is 0 Å². The van der Waals surface area contributed by atoms with Gasteiger partial charge in [0, 0.05) is 0 Å². The molecule has 0 aliphatic carbocycles. The Morgan fingerprint density at radius 3 is 2.08 bits per heavy atom. The Balaban J connectivity index is -0.000000340. The number of aliphatic hydroxyl groups is 1. The number of rotatable bonds is 8. The predicted molar refractivity (Wildman–Crippen MR) is 101 cm³/mol. The van der Waals surface area contributed by atoms with Gasteiger partial charge in [-0.25, -0.2) is 27.3 Å². The molecular formula is C10H19Li4N5O17P2S. The minimum Gasteiger partial charge on any atom is -0.790 e. The number of anilines is 1. The third-order valence-electron chi connectivity index (χ3n) is 3.80. The van der Waals surface area contributed by atoms with Crippen LogP contribution in [0.25, 0.3) is 11.2 Å². The molecule has 11 N–H and O–H groups in total. The maximum absolute atomic E-state index is 11.4. The van der Waals surface area contributed by atoms with Gasteiger partial charge in [0.25, 0.3) is 7.82 Å². The molecule has 0 radical (unpaired) electrons. The van der Waals surface area contributed by atoms with Gasteiger partial charge in [-0.15, -0.1) is 0 Å². The summed E-state index contributed by atoms with van der Waals surface area (Å²) in [5.41, 5.74) is 5.73. The smallest absolute Gasteiger partial charge is 0.790 e. The van der Waals surface area contributed by atoms with Crippen LogP contribution >= 0.6 is 15.6 Å². The molecule has 29 heteroatoms. The summed E-state index contributed by atoms with van der Waals surface area (Å²) in [6.07, 6.45) is -5.14. The van der Waals surface area contributed by atoms with E-state index < -0.39 is 57.2 Å². The van der Waals surface area contributed by atoms with E-state index >= 15 is 0 Å². The number of nitrogens with zero attached hydrogens (tertiary/aromatic N) is 4. The third kappa shape index (κ3) is 14.1. The molecule has 0 saturated carbocycles. The number of imidazole rings is 1. The molecular weight excluding hydrogens is 584 g/mol. The summed E-state index contributed by atoms with van der Waals surface area (Å²) in [4.78, 5) is 45.0. The number of nitrogen functional groups attached to an aromatic ring is 1. The zero-order chi connectivity index (χ0) is 23.2. The summed E-state index contributed by atoms with van der Waals surface area (Å²) < 4.78 is 71.8. The van der Waals surface area contributed by atoms with Gasteiger partial charge in [0.2, 0.25) is 10.4 Å². The Kier molecular flexibility index (Phi) is 26.5. The molecule has 5 unspecified atom stereocenters. The fourth-order valence-electron chi connectivity index (χ4n) is 2.72. The molecule has 39 heavy (non-hydrogen) atoms. The topological polar surface area (TPSA) is 413 Å². The Labute approximate surface area is 267 Å². The molecule has 22 nitrogen and oxygen atoms in total. The Bertz CT molecular complexity index is 1190. The maximum atomic E-state index is 11.4. The molecule has 206 valence electrons. The number of hydrogen-bond acceptors (Lipinski definition) is 17. The first-order chi connectivity index (χ1) is 14.2. The van der Waals surface area contributed by atoms with Crippen LogP contribution < -0.4 is 95.9 Å². The molecule has 0 spiro atoms. The van der Waals surface area contributed by atoms with Crippen molar-refractivity contribution in [2.24, 2.45) is 0 Å². The van der Waals surface area contributed by atoms with Crippen LogP contribution in [0, 0.1) is 0 Å². The largest absolute Gasteiger partial charge is 1.00 e. The first kappa shape index (κ1) is 52.3. The van der Waals surface area contributed by atoms with E-state index in [1.807, 2.05) is 0 Å². The van der Waals surface area contributed by atoms with Crippen molar-refractivity contribution in [3.63, 3.8) is 0 Å². The van der Waals surface area contributed by atoms with Gasteiger partial charge >= 0.3 is 75.4 Å². The number of aliphatic hydroxyl groups excluding tert-OH is 1. The Morgan fingerprint density at radius 2 is 1.59 bits per heavy atom. The molecule has 0 amide bonds. The zero-order valence-electron chi connectivity index (χ0n) is 20.7. The Hall–Kier alpha value is 0.630. The molecule has 2 aromatic rings. The van der Waals surface area contributed by atoms with Gasteiger partial charge in [0.05, 0.1) is 20.8 Å². The van der Waals surface area contributed by atoms with E-state index in [2.05, 4.69) is 28.0 Å². The standard InChI is InChI=1S/C10H15N5O13P2S.4Li.4H2O/c11-8-5-9(13-2-12-8)15(3-14-5)10-6(16)7(27-29(17,18)19)4(26-10)1-25-30(20,21)28-31(22,23)24;;;;;;;;/h2-4,6-7,10,16H,1H2,(H,20,21)(H2,11,12,13)(H2,17,18,19)(H,22,23,24);;;;;4*1H2/q;4*+1;;;;/p-4. The van der Waals surface area contributed by atoms with Gasteiger partial charge in [0.15, 0.2) is 17.7 Å². The van der Waals surface area contributed by atoms with Crippen molar-refractivity contribution in [3.8, 4) is 0 Å². The van der Waals surface area contributed by atoms with E-state index in [-0.39, 0.29) is 114 Å². The van der Waals surface area contributed by atoms with Crippen molar-refractivity contribution in [1.82, 2.24) is 19.5 Å². The van der Waals surface area contributed by atoms with Crippen molar-refractivity contribution in [3.05, 3.63) is 12.7 Å². The van der Waals surface area contributed by atoms with Gasteiger partial charge in [0.1, 0.15) is 30.2 Å². The molecule has 0 aromatic carbocycles. The second-order valence-corrected chi connectivity index (χ2v) is 9.55. The first-order valence-electron chi connectivity index (χ1n) is 7.76. The van der Waals surface area contributed by atoms with Crippen molar-refractivity contribution < 1.29 is 157 Å². The third-order valence-corrected chi connectivity index (χ3v) is 6.23. The molecule has 5 atom stereocenters. The van der Waals surface area contributed by atoms with Gasteiger partial charge in [-0.2, -0.15) is 0 Å². The zero-order valence-corrected chi connectivity index (χ0v) is 23.3. The number of aromatic nitrogens is 4. The average Bonchev–Trinajstić information content (AvgIpc) is 3.13. The van der Waals surface area contributed by atoms with Crippen LogP contribution in [-0.4, -0.2) is 84.4 Å². The molecule has 2 aromatic heterocycles. The quantitative estimate of drug-likeness (QED) is 0.122. The van der Waals surface area contributed by atoms with Crippen LogP contribution in [-0.2, 0) is 37.3 Å². The molecule has 1 saturated heterocycles. The minimum absolute atomic E-state index is 0. The summed E-state index contributed by atoms with van der Waals surface area (Å²) in [5.74, 6) is -0.0456. The van der Waals surface area contributed by atoms with Crippen LogP contribution in [0.3, 0.4) is 0 Å². The van der Waals surface area contributed by atoms with Crippen LogP contribution in [0.2, 0.25) is 0 Å². The number of phosphoric ester groups is 2. The van der Waals surface area contributed by atoms with E-state index in [1.54, 1.807) is 0 Å². The monoisotopic (exact) mass is 603 g/mol. The van der Waals surface area contributed by atoms with Crippen molar-refractivity contribution in [2.75, 3.05) is 12.3 Å². The second-order valence-electron chi connectivity index (χ2n) is 5.88. The summed E-state index contributed by atoms with van der Waals surface area (Å²) in [6.45, 7) is -1.21. The van der Waals surface area contributed by atoms with Gasteiger partial charge in [-0.3, -0.25) is 9.13 Å². The van der Waals surface area contributed by atoms with E-state index in [1.165, 1.54) is 0 Å². The summed E-state index contributed by atoms with van der Waals surface area (Å²) in [5, 5.41) is 10.4. The summed E-state index contributed by atoms with van der Waals surface area (Å²) in [6, 6.07) is 0. The SMILES string of the molecule is Nc1ncnc2c1ncn2C1OC(COP(=O)([O-])OS(=O)(=O)[O-])C(OP(=O)([O-])[O-])C1O.O.O.O.O.[Li+].[Li+].[Li+].[Li+]. The summed E-state index contributed by atoms with van der Waals surface area (Å²) in [7, 11) is -17.2. The molecule has 0 bridgehead atoms. The fraction of sp³-hybridized carbons (Fsp3) is 0.500. The molecule has 1 aliphatic rings. The van der Waals surface area contributed by atoms with Crippen molar-refractivity contribution in [2.45, 2.75) is 24.5 Å². The van der Waals surface area contributed by atoms with E-state index in [0.29, 0.717) is 0 Å². The molecule has 3 rings (SSSR count). The van der Waals surface area contributed by atoms with Crippen LogP contribution in [0.4, 0.5) is 5.82 Å². The van der Waals surface area contributed by atoms with Crippen LogP contribution in [0.5, 0.6) is 0 Å². The minimum atomic E-state index is -5.74. The van der Waals surface area contributed by atoms with Crippen molar-refractivity contribution >= 4 is 43.0 Å². The number of hydrogen-bond donors (Lipinski definition) is 2. The predicted octanol–water partition coefficient (Wildman–Crippen LogP) is -19.4. The summed E-state index contributed by atoms with van der Waals surface area (Å²) >= 11 is 0. The van der Waals surface area contributed by atoms with Gasteiger partial charge in [-0.05, 0) is 0 Å². The van der Waals surface area contributed by atoms with Crippen molar-refractivity contribution in [1.29, 1.82) is 0 Å². The molecule has 1 fully saturated rings. The van der Waals surface area contributed by atoms with Crippen LogP contribution in [0.15, 0.2) is 12.7 Å². The van der Waals surface area contributed by atoms with E-state index in [0.717, 1.165) is 17.2 Å². The van der Waals surface area contributed by atoms with E-state index in [9.17, 15) is 41.9 Å². The van der Waals surface area contributed by atoms with Gasteiger partial charge < -0.3 is 70.3 Å². The normalized spacial score (nSPS) is 21.4. The number of nitrogens with two attached hydrogens (primary N) is 1. The number of phosphoric acid groups is 2. The van der Waals surface area contributed by atoms with Crippen LogP contribution in [0.1, 0.15) is 6.23 Å².